The maximum absolute atomic E-state index is 14.9. The van der Waals surface area contributed by atoms with E-state index >= 15 is 0 Å². The van der Waals surface area contributed by atoms with Crippen molar-refractivity contribution in [1.29, 1.82) is 0 Å². The average molecular weight is 498 g/mol. The summed E-state index contributed by atoms with van der Waals surface area (Å²) in [5.74, 6) is -0.355. The smallest absolute Gasteiger partial charge is 0.376 e. The quantitative estimate of drug-likeness (QED) is 0.345. The van der Waals surface area contributed by atoms with Gasteiger partial charge in [0.05, 0.1) is 11.1 Å². The fourth-order valence-corrected chi connectivity index (χ4v) is 5.43. The van der Waals surface area contributed by atoms with E-state index in [0.717, 1.165) is 54.3 Å². The van der Waals surface area contributed by atoms with E-state index in [0.29, 0.717) is 19.0 Å². The molecular formula is C25H37BFN5O2Si. The van der Waals surface area contributed by atoms with Gasteiger partial charge in [0.2, 0.25) is 0 Å². The number of hydrogen-bond acceptors (Lipinski definition) is 6. The second-order valence-corrected chi connectivity index (χ2v) is 16.4. The summed E-state index contributed by atoms with van der Waals surface area (Å²) in [6.45, 7) is 11.5. The first-order valence-electron chi connectivity index (χ1n) is 12.5. The molecule has 0 radical (unpaired) electrons. The van der Waals surface area contributed by atoms with Crippen molar-refractivity contribution in [1.82, 2.24) is 19.3 Å². The Morgan fingerprint density at radius 3 is 2.77 bits per heavy atom. The lowest BCUT2D eigenvalue weighted by atomic mass is 9.82. The molecular weight excluding hydrogens is 460 g/mol. The molecule has 4 heterocycles. The molecule has 0 amide bonds. The molecule has 1 atom stereocenters. The predicted octanol–water partition coefficient (Wildman–Crippen LogP) is 4.56. The third-order valence-corrected chi connectivity index (χ3v) is 8.58. The molecule has 10 heteroatoms. The van der Waals surface area contributed by atoms with Crippen LogP contribution in [0.2, 0.25) is 32.5 Å². The molecule has 1 N–H and O–H groups in total. The van der Waals surface area contributed by atoms with Gasteiger partial charge in [-0.2, -0.15) is 0 Å². The molecule has 0 unspecified atom stereocenters. The zero-order chi connectivity index (χ0) is 25.2. The molecule has 188 valence electrons. The SMILES string of the molecule is CB(O)N(C)[C@H]1CCCN(c2ccnc3c2c(-c2ncccc2F)cn3COCC[Si](C)(C)C)C1. The van der Waals surface area contributed by atoms with Gasteiger partial charge in [-0.15, -0.1) is 0 Å². The molecule has 0 bridgehead atoms. The minimum atomic E-state index is -1.20. The summed E-state index contributed by atoms with van der Waals surface area (Å²) in [7, 11) is 0.255. The molecule has 1 fully saturated rings. The first-order chi connectivity index (χ1) is 16.7. The van der Waals surface area contributed by atoms with Crippen LogP contribution in [0.25, 0.3) is 22.3 Å². The number of nitrogens with zero attached hydrogens (tertiary/aromatic N) is 5. The zero-order valence-corrected chi connectivity index (χ0v) is 22.5. The lowest BCUT2D eigenvalue weighted by Gasteiger charge is -2.39. The van der Waals surface area contributed by atoms with Gasteiger partial charge in [0.25, 0.3) is 0 Å². The van der Waals surface area contributed by atoms with Gasteiger partial charge in [-0.3, -0.25) is 4.98 Å². The first kappa shape index (κ1) is 25.8. The van der Waals surface area contributed by atoms with Crippen molar-refractivity contribution in [2.45, 2.75) is 58.1 Å². The van der Waals surface area contributed by atoms with Crippen LogP contribution in [0, 0.1) is 5.82 Å². The standard InChI is InChI=1S/C25H37BFN5O2Si/c1-26(33)30(2)19-8-7-13-31(16-19)22-10-12-29-25-23(22)20(24-21(27)9-6-11-28-24)17-32(25)18-34-14-15-35(3,4)5/h6,9-12,17,19,33H,7-8,13-16,18H2,1-5H3/t19-/m0/s1. The minimum absolute atomic E-state index is 0.231. The number of likely N-dealkylation sites (N-methyl/N-ethyl adjacent to an activating group) is 1. The number of fused-ring (bicyclic) bond motifs is 1. The number of ether oxygens (including phenoxy) is 1. The number of anilines is 1. The maximum Gasteiger partial charge on any atom is 0.376 e. The highest BCUT2D eigenvalue weighted by Crippen LogP contribution is 2.38. The van der Waals surface area contributed by atoms with Gasteiger partial charge >= 0.3 is 7.05 Å². The lowest BCUT2D eigenvalue weighted by Crippen LogP contribution is -2.51. The van der Waals surface area contributed by atoms with Crippen LogP contribution in [0.15, 0.2) is 36.8 Å². The third-order valence-electron chi connectivity index (χ3n) is 6.88. The molecule has 0 aromatic carbocycles. The maximum atomic E-state index is 14.9. The van der Waals surface area contributed by atoms with E-state index in [1.165, 1.54) is 6.07 Å². The Balaban J connectivity index is 1.73. The van der Waals surface area contributed by atoms with Crippen LogP contribution < -0.4 is 4.90 Å². The summed E-state index contributed by atoms with van der Waals surface area (Å²) in [6, 6.07) is 6.37. The fourth-order valence-electron chi connectivity index (χ4n) is 4.68. The number of pyridine rings is 2. The van der Waals surface area contributed by atoms with Gasteiger partial charge in [-0.1, -0.05) is 19.6 Å². The molecule has 1 saturated heterocycles. The fraction of sp³-hybridized carbons (Fsp3) is 0.520. The van der Waals surface area contributed by atoms with E-state index < -0.39 is 15.1 Å². The summed E-state index contributed by atoms with van der Waals surface area (Å²) in [6.07, 6.45) is 7.40. The summed E-state index contributed by atoms with van der Waals surface area (Å²) in [5, 5.41) is 11.0. The van der Waals surface area contributed by atoms with Crippen LogP contribution in [-0.4, -0.2) is 72.3 Å². The molecule has 0 aliphatic carbocycles. The van der Waals surface area contributed by atoms with Crippen LogP contribution in [-0.2, 0) is 11.5 Å². The van der Waals surface area contributed by atoms with Crippen LogP contribution in [0.5, 0.6) is 0 Å². The summed E-state index contributed by atoms with van der Waals surface area (Å²) >= 11 is 0. The highest BCUT2D eigenvalue weighted by Gasteiger charge is 2.29. The Labute approximate surface area is 209 Å². The third kappa shape index (κ3) is 5.94. The van der Waals surface area contributed by atoms with Crippen molar-refractivity contribution in [3.63, 3.8) is 0 Å². The second-order valence-electron chi connectivity index (χ2n) is 10.8. The normalized spacial score (nSPS) is 16.9. The predicted molar refractivity (Wildman–Crippen MR) is 144 cm³/mol. The van der Waals surface area contributed by atoms with Gasteiger partial charge in [0.15, 0.2) is 0 Å². The topological polar surface area (TPSA) is 66.7 Å². The van der Waals surface area contributed by atoms with E-state index in [1.807, 2.05) is 34.9 Å². The number of rotatable bonds is 9. The average Bonchev–Trinajstić information content (AvgIpc) is 3.19. The van der Waals surface area contributed by atoms with E-state index in [4.69, 9.17) is 4.74 Å². The van der Waals surface area contributed by atoms with Crippen molar-refractivity contribution >= 4 is 31.8 Å². The summed E-state index contributed by atoms with van der Waals surface area (Å²) in [5.41, 5.74) is 2.82. The van der Waals surface area contributed by atoms with Gasteiger partial charge in [0, 0.05) is 58.0 Å². The van der Waals surface area contributed by atoms with Gasteiger partial charge < -0.3 is 24.0 Å². The molecule has 1 aliphatic heterocycles. The first-order valence-corrected chi connectivity index (χ1v) is 16.2. The van der Waals surface area contributed by atoms with Crippen LogP contribution in [0.4, 0.5) is 10.1 Å². The van der Waals surface area contributed by atoms with Crippen molar-refractivity contribution in [3.8, 4) is 11.3 Å². The van der Waals surface area contributed by atoms with E-state index in [1.54, 1.807) is 19.1 Å². The molecule has 1 aliphatic rings. The van der Waals surface area contributed by atoms with E-state index in [2.05, 4.69) is 34.5 Å². The molecule has 0 saturated carbocycles. The highest BCUT2D eigenvalue weighted by atomic mass is 28.3. The molecule has 3 aromatic heterocycles. The van der Waals surface area contributed by atoms with Crippen molar-refractivity contribution in [2.75, 3.05) is 31.6 Å². The van der Waals surface area contributed by atoms with Crippen LogP contribution in [0.1, 0.15) is 12.8 Å². The molecule has 0 spiro atoms. The lowest BCUT2D eigenvalue weighted by molar-refractivity contribution is 0.0899. The Kier molecular flexibility index (Phi) is 7.95. The minimum Gasteiger partial charge on any atom is -0.437 e. The number of halogens is 1. The summed E-state index contributed by atoms with van der Waals surface area (Å²) < 4.78 is 22.9. The highest BCUT2D eigenvalue weighted by molar-refractivity contribution is 6.76. The van der Waals surface area contributed by atoms with Crippen molar-refractivity contribution in [3.05, 3.63) is 42.6 Å². The van der Waals surface area contributed by atoms with E-state index in [-0.39, 0.29) is 11.9 Å². The van der Waals surface area contributed by atoms with Crippen molar-refractivity contribution < 1.29 is 14.2 Å². The van der Waals surface area contributed by atoms with Gasteiger partial charge in [-0.05, 0) is 51.0 Å². The van der Waals surface area contributed by atoms with Gasteiger partial charge in [-0.25, -0.2) is 9.37 Å². The number of aromatic nitrogens is 3. The van der Waals surface area contributed by atoms with E-state index in [9.17, 15) is 9.41 Å². The van der Waals surface area contributed by atoms with Crippen molar-refractivity contribution in [2.24, 2.45) is 0 Å². The second kappa shape index (κ2) is 10.8. The molecule has 3 aromatic rings. The Morgan fingerprint density at radius 1 is 1.26 bits per heavy atom. The largest absolute Gasteiger partial charge is 0.437 e. The van der Waals surface area contributed by atoms with Crippen LogP contribution in [0.3, 0.4) is 0 Å². The Morgan fingerprint density at radius 2 is 2.06 bits per heavy atom. The number of hydrogen-bond donors (Lipinski definition) is 1. The number of piperidine rings is 1. The monoisotopic (exact) mass is 497 g/mol. The molecule has 35 heavy (non-hydrogen) atoms. The van der Waals surface area contributed by atoms with Gasteiger partial charge in [0.1, 0.15) is 23.9 Å². The zero-order valence-electron chi connectivity index (χ0n) is 21.5. The van der Waals surface area contributed by atoms with Crippen LogP contribution >= 0.6 is 0 Å². The Bertz CT molecular complexity index is 1150. The summed E-state index contributed by atoms with van der Waals surface area (Å²) in [4.78, 5) is 13.4. The molecule has 7 nitrogen and oxygen atoms in total. The molecule has 4 rings (SSSR count). The Hall–Kier alpha value is -2.27.